The molecule has 0 fully saturated rings. The molecule has 5 heteroatoms. The molecule has 0 saturated heterocycles. The average molecular weight is 379 g/mol. The van der Waals surface area contributed by atoms with Gasteiger partial charge < -0.3 is 19.1 Å². The van der Waals surface area contributed by atoms with Crippen molar-refractivity contribution >= 4 is 8.56 Å². The average Bonchev–Trinajstić information content (AvgIpc) is 2.67. The second-order valence-corrected chi connectivity index (χ2v) is 10.2. The van der Waals surface area contributed by atoms with Crippen LogP contribution in [-0.4, -0.2) is 46.3 Å². The van der Waals surface area contributed by atoms with Gasteiger partial charge in [-0.25, -0.2) is 0 Å². The highest BCUT2D eigenvalue weighted by Crippen LogP contribution is 2.16. The number of benzene rings is 1. The molecule has 0 aliphatic rings. The summed E-state index contributed by atoms with van der Waals surface area (Å²) in [7, 11) is -2.00. The van der Waals surface area contributed by atoms with E-state index in [2.05, 4.69) is 67.5 Å². The molecule has 0 aliphatic heterocycles. The largest absolute Gasteiger partial charge is 0.394 e. The highest BCUT2D eigenvalue weighted by Gasteiger charge is 2.30. The van der Waals surface area contributed by atoms with Gasteiger partial charge in [-0.15, -0.1) is 0 Å². The van der Waals surface area contributed by atoms with E-state index in [-0.39, 0.29) is 0 Å². The summed E-state index contributed by atoms with van der Waals surface area (Å²) in [4.78, 5) is 2.25. The molecule has 0 saturated carbocycles. The van der Waals surface area contributed by atoms with Crippen LogP contribution in [-0.2, 0) is 15.4 Å². The zero-order valence-electron chi connectivity index (χ0n) is 17.0. The summed E-state index contributed by atoms with van der Waals surface area (Å²) >= 11 is 0. The Bertz CT molecular complexity index is 462. The lowest BCUT2D eigenvalue weighted by molar-refractivity contribution is 0.172. The van der Waals surface area contributed by atoms with Gasteiger partial charge >= 0.3 is 8.56 Å². The lowest BCUT2D eigenvalue weighted by atomic mass is 10.2. The minimum Gasteiger partial charge on any atom is -0.394 e. The van der Waals surface area contributed by atoms with Crippen molar-refractivity contribution in [3.05, 3.63) is 48.7 Å². The van der Waals surface area contributed by atoms with Gasteiger partial charge in [0.05, 0.1) is 0 Å². The van der Waals surface area contributed by atoms with E-state index in [1.54, 1.807) is 0 Å². The highest BCUT2D eigenvalue weighted by molar-refractivity contribution is 6.66. The molecule has 1 rings (SSSR count). The third-order valence-electron chi connectivity index (χ3n) is 4.27. The van der Waals surface area contributed by atoms with Crippen LogP contribution < -0.4 is 5.32 Å². The summed E-state index contributed by atoms with van der Waals surface area (Å²) in [5.74, 6) is 0. The van der Waals surface area contributed by atoms with E-state index in [0.29, 0.717) is 0 Å². The van der Waals surface area contributed by atoms with E-state index < -0.39 is 8.56 Å². The van der Waals surface area contributed by atoms with Gasteiger partial charge in [0.1, 0.15) is 0 Å². The van der Waals surface area contributed by atoms with Crippen LogP contribution in [0, 0.1) is 0 Å². The first-order valence-electron chi connectivity index (χ1n) is 10.0. The minimum absolute atomic E-state index is 0.813. The lowest BCUT2D eigenvalue weighted by Crippen LogP contribution is -2.40. The van der Waals surface area contributed by atoms with Crippen LogP contribution in [0.2, 0.25) is 12.6 Å². The molecule has 148 valence electrons. The third-order valence-corrected chi connectivity index (χ3v) is 7.16. The maximum atomic E-state index is 6.08. The predicted octanol–water partition coefficient (Wildman–Crippen LogP) is 4.54. The summed E-state index contributed by atoms with van der Waals surface area (Å²) < 4.78 is 12.2. The second-order valence-electron chi connectivity index (χ2n) is 6.82. The summed E-state index contributed by atoms with van der Waals surface area (Å²) in [5.41, 5.74) is 1.32. The maximum absolute atomic E-state index is 6.08. The number of rotatable bonds is 16. The van der Waals surface area contributed by atoms with Gasteiger partial charge in [0.25, 0.3) is 0 Å². The Balaban J connectivity index is 2.21. The Morgan fingerprint density at radius 1 is 1.08 bits per heavy atom. The summed E-state index contributed by atoms with van der Waals surface area (Å²) in [5, 5.41) is 3.54. The van der Waals surface area contributed by atoms with Gasteiger partial charge in [-0.2, -0.15) is 0 Å². The molecule has 0 bridgehead atoms. The number of nitrogens with one attached hydrogen (secondary N) is 1. The first-order valence-corrected chi connectivity index (χ1v) is 12.5. The number of nitrogens with zero attached hydrogens (tertiary/aromatic N) is 1. The highest BCUT2D eigenvalue weighted by atomic mass is 28.4. The first kappa shape index (κ1) is 22.9. The van der Waals surface area contributed by atoms with E-state index >= 15 is 0 Å². The Morgan fingerprint density at radius 2 is 1.73 bits per heavy atom. The molecule has 0 aromatic heterocycles. The van der Waals surface area contributed by atoms with Crippen molar-refractivity contribution in [3.63, 3.8) is 0 Å². The van der Waals surface area contributed by atoms with E-state index in [9.17, 15) is 0 Å². The molecule has 0 atom stereocenters. The Morgan fingerprint density at radius 3 is 2.31 bits per heavy atom. The van der Waals surface area contributed by atoms with Gasteiger partial charge in [-0.1, -0.05) is 50.8 Å². The van der Waals surface area contributed by atoms with Crippen LogP contribution in [0.3, 0.4) is 0 Å². The quantitative estimate of drug-likeness (QED) is 0.338. The monoisotopic (exact) mass is 378 g/mol. The van der Waals surface area contributed by atoms with Crippen molar-refractivity contribution in [2.45, 2.75) is 52.2 Å². The molecule has 0 radical (unpaired) electrons. The third kappa shape index (κ3) is 10.1. The van der Waals surface area contributed by atoms with Gasteiger partial charge in [0, 0.05) is 32.8 Å². The van der Waals surface area contributed by atoms with Gasteiger partial charge in [-0.3, -0.25) is 0 Å². The fraction of sp³-hybridized carbons (Fsp3) is 0.619. The van der Waals surface area contributed by atoms with Gasteiger partial charge in [0.2, 0.25) is 0 Å². The maximum Gasteiger partial charge on any atom is 0.334 e. The molecular formula is C21H38N2O2Si. The lowest BCUT2D eigenvalue weighted by Gasteiger charge is -2.27. The standard InChI is InChI=1S/C21H38N2O2Si/c1-5-17-24-26(4,25-18-6-2)19-11-14-22-15-16-23(7-3)20-21-12-9-8-10-13-21/h7-10,12-13,22H,3,5-6,11,14-20H2,1-2,4H3. The van der Waals surface area contributed by atoms with Crippen LogP contribution in [0.25, 0.3) is 0 Å². The van der Waals surface area contributed by atoms with Crippen LogP contribution in [0.5, 0.6) is 0 Å². The molecule has 4 nitrogen and oxygen atoms in total. The second kappa shape index (κ2) is 14.0. The fourth-order valence-corrected chi connectivity index (χ4v) is 5.22. The van der Waals surface area contributed by atoms with E-state index in [1.807, 2.05) is 6.20 Å². The van der Waals surface area contributed by atoms with Crippen LogP contribution in [0.1, 0.15) is 38.7 Å². The Labute approximate surface area is 161 Å². The molecule has 1 N–H and O–H groups in total. The zero-order chi connectivity index (χ0) is 19.1. The molecular weight excluding hydrogens is 340 g/mol. The first-order chi connectivity index (χ1) is 12.6. The van der Waals surface area contributed by atoms with Crippen molar-refractivity contribution in [1.29, 1.82) is 0 Å². The van der Waals surface area contributed by atoms with E-state index in [4.69, 9.17) is 8.85 Å². The van der Waals surface area contributed by atoms with Gasteiger partial charge in [-0.05, 0) is 50.2 Å². The predicted molar refractivity (Wildman–Crippen MR) is 113 cm³/mol. The van der Waals surface area contributed by atoms with Crippen LogP contribution in [0.4, 0.5) is 0 Å². The van der Waals surface area contributed by atoms with Crippen LogP contribution >= 0.6 is 0 Å². The summed E-state index contributed by atoms with van der Waals surface area (Å²) in [6.45, 7) is 15.9. The van der Waals surface area contributed by atoms with Crippen LogP contribution in [0.15, 0.2) is 43.1 Å². The smallest absolute Gasteiger partial charge is 0.334 e. The van der Waals surface area contributed by atoms with Gasteiger partial charge in [0.15, 0.2) is 0 Å². The van der Waals surface area contributed by atoms with Crippen molar-refractivity contribution in [1.82, 2.24) is 10.2 Å². The molecule has 26 heavy (non-hydrogen) atoms. The van der Waals surface area contributed by atoms with Crippen molar-refractivity contribution in [2.24, 2.45) is 0 Å². The minimum atomic E-state index is -2.00. The Kier molecular flexibility index (Phi) is 12.3. The van der Waals surface area contributed by atoms with Crippen molar-refractivity contribution < 1.29 is 8.85 Å². The molecule has 0 unspecified atom stereocenters. The fourth-order valence-electron chi connectivity index (χ4n) is 2.76. The SMILES string of the molecule is C=CN(CCNCCC[Si](C)(OCCC)OCCC)Cc1ccccc1. The van der Waals surface area contributed by atoms with E-state index in [1.165, 1.54) is 5.56 Å². The summed E-state index contributed by atoms with van der Waals surface area (Å²) in [6.07, 6.45) is 5.13. The molecule has 1 aromatic rings. The number of hydrogen-bond acceptors (Lipinski definition) is 4. The summed E-state index contributed by atoms with van der Waals surface area (Å²) in [6, 6.07) is 11.6. The normalized spacial score (nSPS) is 11.5. The van der Waals surface area contributed by atoms with E-state index in [0.717, 1.165) is 64.7 Å². The zero-order valence-corrected chi connectivity index (χ0v) is 18.0. The molecule has 0 amide bonds. The Hall–Kier alpha value is -1.14. The van der Waals surface area contributed by atoms with Crippen molar-refractivity contribution in [2.75, 3.05) is 32.8 Å². The topological polar surface area (TPSA) is 33.7 Å². The molecule has 0 spiro atoms. The number of hydrogen-bond donors (Lipinski definition) is 1. The van der Waals surface area contributed by atoms with Crippen molar-refractivity contribution in [3.8, 4) is 0 Å². The molecule has 1 aromatic carbocycles. The molecule has 0 heterocycles. The molecule has 0 aliphatic carbocycles.